The summed E-state index contributed by atoms with van der Waals surface area (Å²) in [5.41, 5.74) is 0. The van der Waals surface area contributed by atoms with Crippen LogP contribution >= 0.6 is 11.3 Å². The molecule has 0 aliphatic carbocycles. The largest absolute Gasteiger partial charge is 0.481 e. The van der Waals surface area contributed by atoms with E-state index in [9.17, 15) is 9.00 Å². The standard InChI is InChI=1S/C11H17NO3S2/c1-17(15)6-2-5-12-8-10-4-3-9(16-10)7-11(13)14/h3-4,12H,2,5-8H2,1H3,(H,13,14). The molecular formula is C11H17NO3S2. The van der Waals surface area contributed by atoms with Crippen molar-refractivity contribution in [2.24, 2.45) is 0 Å². The fourth-order valence-corrected chi connectivity index (χ4v) is 2.90. The summed E-state index contributed by atoms with van der Waals surface area (Å²) in [7, 11) is -0.719. The van der Waals surface area contributed by atoms with Crippen LogP contribution < -0.4 is 5.32 Å². The molecule has 1 atom stereocenters. The normalized spacial score (nSPS) is 12.5. The number of nitrogens with one attached hydrogen (secondary N) is 1. The van der Waals surface area contributed by atoms with Crippen LogP contribution in [0.25, 0.3) is 0 Å². The van der Waals surface area contributed by atoms with Crippen LogP contribution in [0.15, 0.2) is 12.1 Å². The summed E-state index contributed by atoms with van der Waals surface area (Å²) in [4.78, 5) is 12.5. The fraction of sp³-hybridized carbons (Fsp3) is 0.545. The van der Waals surface area contributed by atoms with Crippen molar-refractivity contribution in [3.63, 3.8) is 0 Å². The molecule has 0 aliphatic heterocycles. The third-order valence-corrected chi connectivity index (χ3v) is 4.08. The van der Waals surface area contributed by atoms with E-state index in [0.717, 1.165) is 35.0 Å². The molecule has 6 heteroatoms. The van der Waals surface area contributed by atoms with Gasteiger partial charge in [-0.15, -0.1) is 11.3 Å². The van der Waals surface area contributed by atoms with E-state index in [4.69, 9.17) is 5.11 Å². The second kappa shape index (κ2) is 7.58. The van der Waals surface area contributed by atoms with Gasteiger partial charge in [0.1, 0.15) is 0 Å². The average Bonchev–Trinajstić information content (AvgIpc) is 2.63. The van der Waals surface area contributed by atoms with Crippen LogP contribution in [0.4, 0.5) is 0 Å². The molecule has 0 saturated heterocycles. The van der Waals surface area contributed by atoms with Gasteiger partial charge in [-0.2, -0.15) is 0 Å². The maximum absolute atomic E-state index is 10.8. The Morgan fingerprint density at radius 3 is 2.82 bits per heavy atom. The lowest BCUT2D eigenvalue weighted by Gasteiger charge is -2.01. The lowest BCUT2D eigenvalue weighted by Crippen LogP contribution is -2.15. The number of carbonyl (C=O) groups is 1. The molecule has 0 radical (unpaired) electrons. The molecule has 0 aliphatic rings. The average molecular weight is 275 g/mol. The maximum atomic E-state index is 10.8. The summed E-state index contributed by atoms with van der Waals surface area (Å²) in [5, 5.41) is 11.9. The van der Waals surface area contributed by atoms with Crippen LogP contribution in [0.1, 0.15) is 16.2 Å². The molecule has 17 heavy (non-hydrogen) atoms. The minimum absolute atomic E-state index is 0.0967. The first-order valence-electron chi connectivity index (χ1n) is 5.38. The first-order valence-corrected chi connectivity index (χ1v) is 7.92. The highest BCUT2D eigenvalue weighted by Crippen LogP contribution is 2.16. The summed E-state index contributed by atoms with van der Waals surface area (Å²) in [6.07, 6.45) is 2.70. The number of carboxylic acids is 1. The van der Waals surface area contributed by atoms with Crippen LogP contribution in [0.3, 0.4) is 0 Å². The number of carboxylic acid groups (broad SMARTS) is 1. The van der Waals surface area contributed by atoms with Gasteiger partial charge in [0.25, 0.3) is 0 Å². The summed E-state index contributed by atoms with van der Waals surface area (Å²) >= 11 is 1.52. The van der Waals surface area contributed by atoms with Gasteiger partial charge in [0, 0.05) is 39.1 Å². The number of hydrogen-bond acceptors (Lipinski definition) is 4. The van der Waals surface area contributed by atoms with E-state index in [1.165, 1.54) is 11.3 Å². The lowest BCUT2D eigenvalue weighted by atomic mass is 10.3. The van der Waals surface area contributed by atoms with E-state index in [1.807, 2.05) is 12.1 Å². The van der Waals surface area contributed by atoms with Gasteiger partial charge < -0.3 is 10.4 Å². The highest BCUT2D eigenvalue weighted by Gasteiger charge is 2.04. The summed E-state index contributed by atoms with van der Waals surface area (Å²) in [6.45, 7) is 1.59. The van der Waals surface area contributed by atoms with Crippen molar-refractivity contribution < 1.29 is 14.1 Å². The summed E-state index contributed by atoms with van der Waals surface area (Å²) < 4.78 is 10.8. The second-order valence-corrected chi connectivity index (χ2v) is 6.55. The molecule has 0 spiro atoms. The van der Waals surface area contributed by atoms with Gasteiger partial charge >= 0.3 is 5.97 Å². The Hall–Kier alpha value is -0.720. The van der Waals surface area contributed by atoms with Crippen LogP contribution in [0.5, 0.6) is 0 Å². The molecule has 1 aromatic heterocycles. The van der Waals surface area contributed by atoms with Gasteiger partial charge in [-0.25, -0.2) is 0 Å². The SMILES string of the molecule is CS(=O)CCCNCc1ccc(CC(=O)O)s1. The maximum Gasteiger partial charge on any atom is 0.308 e. The highest BCUT2D eigenvalue weighted by atomic mass is 32.2. The van der Waals surface area contributed by atoms with Gasteiger partial charge in [-0.05, 0) is 25.1 Å². The Morgan fingerprint density at radius 1 is 1.47 bits per heavy atom. The topological polar surface area (TPSA) is 66.4 Å². The van der Waals surface area contributed by atoms with E-state index >= 15 is 0 Å². The smallest absolute Gasteiger partial charge is 0.308 e. The summed E-state index contributed by atoms with van der Waals surface area (Å²) in [6, 6.07) is 3.81. The highest BCUT2D eigenvalue weighted by molar-refractivity contribution is 7.84. The van der Waals surface area contributed by atoms with Crippen LogP contribution in [0.2, 0.25) is 0 Å². The molecule has 1 rings (SSSR count). The fourth-order valence-electron chi connectivity index (χ4n) is 1.37. The first kappa shape index (κ1) is 14.3. The van der Waals surface area contributed by atoms with Crippen molar-refractivity contribution in [1.82, 2.24) is 5.32 Å². The van der Waals surface area contributed by atoms with Crippen LogP contribution in [-0.2, 0) is 28.6 Å². The van der Waals surface area contributed by atoms with E-state index in [0.29, 0.717) is 0 Å². The van der Waals surface area contributed by atoms with Crippen molar-refractivity contribution in [3.8, 4) is 0 Å². The molecule has 4 nitrogen and oxygen atoms in total. The quantitative estimate of drug-likeness (QED) is 0.700. The zero-order valence-corrected chi connectivity index (χ0v) is 11.4. The monoisotopic (exact) mass is 275 g/mol. The van der Waals surface area contributed by atoms with Crippen LogP contribution in [0, 0.1) is 0 Å². The molecule has 0 fully saturated rings. The van der Waals surface area contributed by atoms with E-state index < -0.39 is 16.8 Å². The van der Waals surface area contributed by atoms with E-state index in [2.05, 4.69) is 5.32 Å². The number of rotatable bonds is 8. The molecule has 0 bridgehead atoms. The predicted molar refractivity (Wildman–Crippen MR) is 70.9 cm³/mol. The number of hydrogen-bond donors (Lipinski definition) is 2. The lowest BCUT2D eigenvalue weighted by molar-refractivity contribution is -0.136. The second-order valence-electron chi connectivity index (χ2n) is 3.75. The molecule has 0 amide bonds. The van der Waals surface area contributed by atoms with Crippen molar-refractivity contribution >= 4 is 28.1 Å². The Balaban J connectivity index is 2.21. The van der Waals surface area contributed by atoms with Gasteiger partial charge in [0.05, 0.1) is 6.42 Å². The molecule has 1 aromatic rings. The summed E-state index contributed by atoms with van der Waals surface area (Å²) in [5.74, 6) is -0.0707. The molecule has 0 aromatic carbocycles. The Bertz CT molecular complexity index is 390. The minimum Gasteiger partial charge on any atom is -0.481 e. The third kappa shape index (κ3) is 6.55. The van der Waals surface area contributed by atoms with Crippen LogP contribution in [-0.4, -0.2) is 33.8 Å². The van der Waals surface area contributed by atoms with Crippen molar-refractivity contribution in [3.05, 3.63) is 21.9 Å². The number of aliphatic carboxylic acids is 1. The molecule has 2 N–H and O–H groups in total. The van der Waals surface area contributed by atoms with Gasteiger partial charge in [0.2, 0.25) is 0 Å². The van der Waals surface area contributed by atoms with Crippen molar-refractivity contribution in [2.75, 3.05) is 18.6 Å². The van der Waals surface area contributed by atoms with Gasteiger partial charge in [-0.3, -0.25) is 9.00 Å². The predicted octanol–water partition coefficient (Wildman–Crippen LogP) is 1.23. The zero-order valence-electron chi connectivity index (χ0n) is 9.77. The zero-order chi connectivity index (χ0) is 12.7. The molecule has 96 valence electrons. The van der Waals surface area contributed by atoms with E-state index in [1.54, 1.807) is 6.26 Å². The molecule has 0 saturated carbocycles. The van der Waals surface area contributed by atoms with E-state index in [-0.39, 0.29) is 6.42 Å². The number of thiophene rings is 1. The molecule has 1 heterocycles. The van der Waals surface area contributed by atoms with Gasteiger partial charge in [0.15, 0.2) is 0 Å². The van der Waals surface area contributed by atoms with Crippen molar-refractivity contribution in [2.45, 2.75) is 19.4 Å². The molecule has 1 unspecified atom stereocenters. The molecular weight excluding hydrogens is 258 g/mol. The minimum atomic E-state index is -0.795. The Morgan fingerprint density at radius 2 is 2.18 bits per heavy atom. The third-order valence-electron chi connectivity index (χ3n) is 2.13. The van der Waals surface area contributed by atoms with Crippen molar-refractivity contribution in [1.29, 1.82) is 0 Å². The Kier molecular flexibility index (Phi) is 6.39. The first-order chi connectivity index (χ1) is 8.08. The Labute approximate surface area is 108 Å². The van der Waals surface area contributed by atoms with Gasteiger partial charge in [-0.1, -0.05) is 0 Å².